The van der Waals surface area contributed by atoms with E-state index in [1.807, 2.05) is 13.8 Å². The average molecular weight is 431 g/mol. The summed E-state index contributed by atoms with van der Waals surface area (Å²) in [5.74, 6) is 1.10. The normalized spacial score (nSPS) is 16.6. The van der Waals surface area contributed by atoms with Crippen LogP contribution in [0.15, 0.2) is 35.3 Å². The first-order chi connectivity index (χ1) is 14.9. The molecule has 0 bridgehead atoms. The maximum atomic E-state index is 12.0. The second kappa shape index (κ2) is 13.3. The van der Waals surface area contributed by atoms with Crippen LogP contribution in [0.1, 0.15) is 39.7 Å². The lowest BCUT2D eigenvalue weighted by Crippen LogP contribution is -2.54. The Kier molecular flexibility index (Phi) is 10.8. The van der Waals surface area contributed by atoms with E-state index < -0.39 is 0 Å². The summed E-state index contributed by atoms with van der Waals surface area (Å²) in [6.45, 7) is 15.0. The molecule has 2 rings (SSSR count). The number of carbonyl (C=O) groups is 1. The zero-order chi connectivity index (χ0) is 22.6. The smallest absolute Gasteiger partial charge is 0.234 e. The number of hydrogen-bond donors (Lipinski definition) is 2. The number of amides is 1. The molecule has 1 aliphatic rings. The van der Waals surface area contributed by atoms with E-state index in [1.165, 1.54) is 5.56 Å². The molecule has 1 heterocycles. The third kappa shape index (κ3) is 9.27. The number of rotatable bonds is 10. The van der Waals surface area contributed by atoms with Gasteiger partial charge in [0.05, 0.1) is 6.54 Å². The fraction of sp³-hybridized carbons (Fsp3) is 0.667. The topological polar surface area (TPSA) is 63.2 Å². The van der Waals surface area contributed by atoms with Crippen LogP contribution in [0.5, 0.6) is 0 Å². The summed E-state index contributed by atoms with van der Waals surface area (Å²) in [5.41, 5.74) is 1.34. The third-order valence-corrected chi connectivity index (χ3v) is 5.66. The first-order valence-corrected chi connectivity index (χ1v) is 11.7. The van der Waals surface area contributed by atoms with Crippen molar-refractivity contribution >= 4 is 11.9 Å². The molecule has 2 N–H and O–H groups in total. The lowest BCUT2D eigenvalue weighted by atomic mass is 10.1. The Hall–Kier alpha value is -2.12. The SMILES string of the molecule is CCNC(=NCCC(C)N(C)Cc1ccccc1)N1CCN(CC(=O)NC(C)C)CC1. The van der Waals surface area contributed by atoms with Gasteiger partial charge in [0.15, 0.2) is 5.96 Å². The predicted octanol–water partition coefficient (Wildman–Crippen LogP) is 2.00. The van der Waals surface area contributed by atoms with Crippen molar-refractivity contribution in [2.45, 2.75) is 52.7 Å². The Morgan fingerprint density at radius 1 is 1.13 bits per heavy atom. The Morgan fingerprint density at radius 2 is 1.81 bits per heavy atom. The molecule has 1 amide bonds. The average Bonchev–Trinajstić information content (AvgIpc) is 2.73. The second-order valence-electron chi connectivity index (χ2n) is 8.76. The molecule has 0 aliphatic carbocycles. The van der Waals surface area contributed by atoms with Crippen LogP contribution in [0.2, 0.25) is 0 Å². The van der Waals surface area contributed by atoms with E-state index in [2.05, 4.69) is 76.6 Å². The first-order valence-electron chi connectivity index (χ1n) is 11.7. The molecular formula is C24H42N6O. The van der Waals surface area contributed by atoms with Crippen molar-refractivity contribution in [2.75, 3.05) is 52.9 Å². The van der Waals surface area contributed by atoms with Crippen molar-refractivity contribution in [3.8, 4) is 0 Å². The number of hydrogen-bond acceptors (Lipinski definition) is 4. The van der Waals surface area contributed by atoms with Gasteiger partial charge in [0.2, 0.25) is 5.91 Å². The van der Waals surface area contributed by atoms with Crippen LogP contribution in [0.4, 0.5) is 0 Å². The number of nitrogens with zero attached hydrogens (tertiary/aromatic N) is 4. The van der Waals surface area contributed by atoms with E-state index in [0.717, 1.165) is 58.2 Å². The van der Waals surface area contributed by atoms with Crippen LogP contribution in [-0.4, -0.2) is 91.5 Å². The third-order valence-electron chi connectivity index (χ3n) is 5.66. The number of carbonyl (C=O) groups excluding carboxylic acids is 1. The predicted molar refractivity (Wildman–Crippen MR) is 129 cm³/mol. The van der Waals surface area contributed by atoms with Gasteiger partial charge in [-0.3, -0.25) is 19.6 Å². The van der Waals surface area contributed by atoms with Crippen LogP contribution >= 0.6 is 0 Å². The number of benzene rings is 1. The lowest BCUT2D eigenvalue weighted by molar-refractivity contribution is -0.123. The number of nitrogens with one attached hydrogen (secondary N) is 2. The summed E-state index contributed by atoms with van der Waals surface area (Å²) < 4.78 is 0. The highest BCUT2D eigenvalue weighted by molar-refractivity contribution is 5.80. The van der Waals surface area contributed by atoms with E-state index in [9.17, 15) is 4.79 Å². The monoisotopic (exact) mass is 430 g/mol. The summed E-state index contributed by atoms with van der Waals surface area (Å²) >= 11 is 0. The van der Waals surface area contributed by atoms with Crippen LogP contribution in [0.3, 0.4) is 0 Å². The van der Waals surface area contributed by atoms with Crippen LogP contribution < -0.4 is 10.6 Å². The molecule has 7 heteroatoms. The van der Waals surface area contributed by atoms with Gasteiger partial charge in [0, 0.05) is 57.9 Å². The highest BCUT2D eigenvalue weighted by Gasteiger charge is 2.21. The van der Waals surface area contributed by atoms with Gasteiger partial charge < -0.3 is 15.5 Å². The van der Waals surface area contributed by atoms with Crippen LogP contribution in [0, 0.1) is 0 Å². The summed E-state index contributed by atoms with van der Waals surface area (Å²) in [6, 6.07) is 11.3. The lowest BCUT2D eigenvalue weighted by Gasteiger charge is -2.36. The van der Waals surface area contributed by atoms with Gasteiger partial charge in [-0.05, 0) is 46.7 Å². The molecule has 1 saturated heterocycles. The van der Waals surface area contributed by atoms with E-state index >= 15 is 0 Å². The Bertz CT molecular complexity index is 670. The second-order valence-corrected chi connectivity index (χ2v) is 8.76. The van der Waals surface area contributed by atoms with Crippen LogP contribution in [-0.2, 0) is 11.3 Å². The van der Waals surface area contributed by atoms with E-state index in [-0.39, 0.29) is 11.9 Å². The molecule has 0 radical (unpaired) electrons. The minimum atomic E-state index is 0.109. The molecule has 1 atom stereocenters. The van der Waals surface area contributed by atoms with Crippen molar-refractivity contribution in [1.29, 1.82) is 0 Å². The quantitative estimate of drug-likeness (QED) is 0.439. The number of piperazine rings is 1. The van der Waals surface area contributed by atoms with Gasteiger partial charge >= 0.3 is 0 Å². The minimum Gasteiger partial charge on any atom is -0.357 e. The van der Waals surface area contributed by atoms with Gasteiger partial charge in [-0.25, -0.2) is 0 Å². The first kappa shape index (κ1) is 25.1. The summed E-state index contributed by atoms with van der Waals surface area (Å²) in [5, 5.41) is 6.41. The highest BCUT2D eigenvalue weighted by Crippen LogP contribution is 2.09. The molecule has 0 saturated carbocycles. The van der Waals surface area contributed by atoms with Gasteiger partial charge in [-0.2, -0.15) is 0 Å². The molecule has 1 aromatic carbocycles. The fourth-order valence-electron chi connectivity index (χ4n) is 3.72. The van der Waals surface area contributed by atoms with Gasteiger partial charge in [0.1, 0.15) is 0 Å². The van der Waals surface area contributed by atoms with Gasteiger partial charge in [-0.1, -0.05) is 30.3 Å². The van der Waals surface area contributed by atoms with Gasteiger partial charge in [-0.15, -0.1) is 0 Å². The summed E-state index contributed by atoms with van der Waals surface area (Å²) in [6.07, 6.45) is 1.02. The maximum absolute atomic E-state index is 12.0. The maximum Gasteiger partial charge on any atom is 0.234 e. The molecule has 0 aromatic heterocycles. The van der Waals surface area contributed by atoms with Crippen molar-refractivity contribution in [3.05, 3.63) is 35.9 Å². The molecule has 1 aliphatic heterocycles. The largest absolute Gasteiger partial charge is 0.357 e. The molecule has 174 valence electrons. The highest BCUT2D eigenvalue weighted by atomic mass is 16.2. The van der Waals surface area contributed by atoms with Crippen molar-refractivity contribution in [2.24, 2.45) is 4.99 Å². The molecule has 0 spiro atoms. The number of guanidine groups is 1. The molecule has 7 nitrogen and oxygen atoms in total. The van der Waals surface area contributed by atoms with Crippen LogP contribution in [0.25, 0.3) is 0 Å². The fourth-order valence-corrected chi connectivity index (χ4v) is 3.72. The summed E-state index contributed by atoms with van der Waals surface area (Å²) in [7, 11) is 2.18. The Morgan fingerprint density at radius 3 is 2.42 bits per heavy atom. The van der Waals surface area contributed by atoms with Crippen molar-refractivity contribution in [1.82, 2.24) is 25.3 Å². The van der Waals surface area contributed by atoms with E-state index in [0.29, 0.717) is 12.6 Å². The standard InChI is InChI=1S/C24H42N6O/c1-6-25-24(30-16-14-29(15-17-30)19-23(31)27-20(2)3)26-13-12-21(4)28(5)18-22-10-8-7-9-11-22/h7-11,20-21H,6,12-19H2,1-5H3,(H,25,26)(H,27,31). The minimum absolute atomic E-state index is 0.109. The number of aliphatic imine (C=N–C) groups is 1. The molecule has 1 unspecified atom stereocenters. The molecule has 31 heavy (non-hydrogen) atoms. The molecule has 1 fully saturated rings. The molecule has 1 aromatic rings. The van der Waals surface area contributed by atoms with Crippen molar-refractivity contribution in [3.63, 3.8) is 0 Å². The zero-order valence-corrected chi connectivity index (χ0v) is 20.1. The Balaban J connectivity index is 1.79. The molecular weight excluding hydrogens is 388 g/mol. The van der Waals surface area contributed by atoms with Crippen molar-refractivity contribution < 1.29 is 4.79 Å². The Labute approximate surface area is 188 Å². The van der Waals surface area contributed by atoms with Gasteiger partial charge in [0.25, 0.3) is 0 Å². The zero-order valence-electron chi connectivity index (χ0n) is 20.1. The van der Waals surface area contributed by atoms with E-state index in [4.69, 9.17) is 4.99 Å². The van der Waals surface area contributed by atoms with E-state index in [1.54, 1.807) is 0 Å². The summed E-state index contributed by atoms with van der Waals surface area (Å²) in [4.78, 5) is 23.8.